The van der Waals surface area contributed by atoms with E-state index in [1.54, 1.807) is 14.0 Å². The minimum absolute atomic E-state index is 0.0724. The Kier molecular flexibility index (Phi) is 18.2. The molecule has 1 spiro atoms. The van der Waals surface area contributed by atoms with Crippen molar-refractivity contribution < 1.29 is 48.5 Å². The van der Waals surface area contributed by atoms with Gasteiger partial charge in [-0.1, -0.05) is 105 Å². The van der Waals surface area contributed by atoms with Gasteiger partial charge in [-0.2, -0.15) is 0 Å². The Morgan fingerprint density at radius 1 is 0.729 bits per heavy atom. The van der Waals surface area contributed by atoms with E-state index in [4.69, 9.17) is 33.2 Å². The molecule has 6 rings (SSSR count). The molecule has 10 heteroatoms. The standard InChI is InChI=1S/C49H70O10/c1-35-22-25-49(26-23-44(53-3)48(59-49)47(52)46(51)36(2)31-50)58-45(35)30-43(56-34-39-18-11-6-12-19-39)29-42(55-33-38-16-9-5-10-17-38)28-41-21-13-20-40(57-41)24-27-54-32-37-14-7-4-8-15-37/h4-12,14-19,35-36,40-48,50-52H,13,20-34H2,1-3H3/t35-,36-,40-,41+,42+,43-,44-,45+,46-,47-,48+,49-/m0/s1. The zero-order valence-electron chi connectivity index (χ0n) is 35.5. The molecular formula is C49H70O10. The van der Waals surface area contributed by atoms with Gasteiger partial charge in [0.15, 0.2) is 5.79 Å². The fraction of sp³-hybridized carbons (Fsp3) is 0.633. The van der Waals surface area contributed by atoms with Crippen LogP contribution in [0.2, 0.25) is 0 Å². The van der Waals surface area contributed by atoms with Gasteiger partial charge in [-0.25, -0.2) is 0 Å². The molecule has 0 unspecified atom stereocenters. The van der Waals surface area contributed by atoms with Crippen LogP contribution >= 0.6 is 0 Å². The average molecular weight is 819 g/mol. The van der Waals surface area contributed by atoms with E-state index < -0.39 is 36.1 Å². The van der Waals surface area contributed by atoms with Crippen LogP contribution in [-0.2, 0) is 53.0 Å². The Balaban J connectivity index is 1.15. The summed E-state index contributed by atoms with van der Waals surface area (Å²) >= 11 is 0. The molecule has 3 fully saturated rings. The molecule has 3 aliphatic rings. The van der Waals surface area contributed by atoms with Crippen LogP contribution in [0, 0.1) is 11.8 Å². The molecule has 3 aromatic carbocycles. The number of ether oxygens (including phenoxy) is 7. The van der Waals surface area contributed by atoms with Gasteiger partial charge in [0.1, 0.15) is 12.2 Å². The highest BCUT2D eigenvalue weighted by molar-refractivity contribution is 5.15. The van der Waals surface area contributed by atoms with Crippen molar-refractivity contribution >= 4 is 0 Å². The van der Waals surface area contributed by atoms with E-state index in [1.165, 1.54) is 5.56 Å². The second kappa shape index (κ2) is 23.5. The van der Waals surface area contributed by atoms with Crippen LogP contribution in [0.25, 0.3) is 0 Å². The lowest BCUT2D eigenvalue weighted by Gasteiger charge is -2.51. The molecule has 0 aromatic heterocycles. The summed E-state index contributed by atoms with van der Waals surface area (Å²) in [6.07, 6.45) is 4.97. The Morgan fingerprint density at radius 2 is 1.31 bits per heavy atom. The van der Waals surface area contributed by atoms with Crippen LogP contribution < -0.4 is 0 Å². The number of aliphatic hydroxyl groups excluding tert-OH is 3. The van der Waals surface area contributed by atoms with Crippen molar-refractivity contribution in [1.29, 1.82) is 0 Å². The summed E-state index contributed by atoms with van der Waals surface area (Å²) in [4.78, 5) is 0. The Bertz CT molecular complexity index is 1580. The topological polar surface area (TPSA) is 125 Å². The second-order valence-electron chi connectivity index (χ2n) is 17.3. The van der Waals surface area contributed by atoms with Crippen molar-refractivity contribution in [3.05, 3.63) is 108 Å². The SMILES string of the molecule is CO[C@H]1CC[C@]2(CC[C@H](C)[C@@H](C[C@H](C[C@@H](C[C@H]3CCC[C@@H](CCOCc4ccccc4)O3)OCc3ccccc3)OCc3ccccc3)O2)O[C@H]1[C@@H](O)[C@@H](O)[C@@H](C)CO. The number of hydrogen-bond acceptors (Lipinski definition) is 10. The van der Waals surface area contributed by atoms with Gasteiger partial charge in [0.2, 0.25) is 0 Å². The van der Waals surface area contributed by atoms with Crippen LogP contribution in [0.15, 0.2) is 91.0 Å². The van der Waals surface area contributed by atoms with Crippen LogP contribution in [0.5, 0.6) is 0 Å². The molecule has 0 bridgehead atoms. The van der Waals surface area contributed by atoms with Gasteiger partial charge in [-0.3, -0.25) is 0 Å². The molecule has 0 aliphatic carbocycles. The van der Waals surface area contributed by atoms with Crippen LogP contribution in [-0.4, -0.2) is 96.4 Å². The molecule has 10 nitrogen and oxygen atoms in total. The summed E-state index contributed by atoms with van der Waals surface area (Å²) in [6.45, 7) is 5.92. The molecule has 0 amide bonds. The fourth-order valence-corrected chi connectivity index (χ4v) is 8.96. The quantitative estimate of drug-likeness (QED) is 0.0862. The zero-order chi connectivity index (χ0) is 41.5. The van der Waals surface area contributed by atoms with Gasteiger partial charge in [0, 0.05) is 45.5 Å². The number of hydrogen-bond donors (Lipinski definition) is 3. The molecule has 0 saturated carbocycles. The molecule has 3 aliphatic heterocycles. The zero-order valence-corrected chi connectivity index (χ0v) is 35.5. The van der Waals surface area contributed by atoms with Crippen LogP contribution in [0.1, 0.15) is 101 Å². The summed E-state index contributed by atoms with van der Waals surface area (Å²) < 4.78 is 45.9. The number of methoxy groups -OCH3 is 1. The van der Waals surface area contributed by atoms with Gasteiger partial charge < -0.3 is 48.5 Å². The first kappa shape index (κ1) is 45.8. The maximum atomic E-state index is 11.3. The Morgan fingerprint density at radius 3 is 1.92 bits per heavy atom. The number of benzene rings is 3. The maximum Gasteiger partial charge on any atom is 0.169 e. The first-order valence-corrected chi connectivity index (χ1v) is 22.2. The third-order valence-corrected chi connectivity index (χ3v) is 12.7. The van der Waals surface area contributed by atoms with E-state index in [0.29, 0.717) is 58.5 Å². The van der Waals surface area contributed by atoms with Crippen molar-refractivity contribution in [2.45, 2.75) is 165 Å². The Hall–Kier alpha value is -2.74. The van der Waals surface area contributed by atoms with E-state index in [-0.39, 0.29) is 43.0 Å². The largest absolute Gasteiger partial charge is 0.396 e. The second-order valence-corrected chi connectivity index (χ2v) is 17.3. The molecule has 12 atom stereocenters. The van der Waals surface area contributed by atoms with Gasteiger partial charge in [0.25, 0.3) is 0 Å². The third kappa shape index (κ3) is 13.9. The predicted octanol–water partition coefficient (Wildman–Crippen LogP) is 7.93. The lowest BCUT2D eigenvalue weighted by Crippen LogP contribution is -2.59. The summed E-state index contributed by atoms with van der Waals surface area (Å²) in [5.41, 5.74) is 3.41. The van der Waals surface area contributed by atoms with E-state index in [9.17, 15) is 15.3 Å². The van der Waals surface area contributed by atoms with Crippen LogP contribution in [0.3, 0.4) is 0 Å². The summed E-state index contributed by atoms with van der Waals surface area (Å²) in [5, 5.41) is 31.9. The lowest BCUT2D eigenvalue weighted by atomic mass is 9.83. The summed E-state index contributed by atoms with van der Waals surface area (Å²) in [5.74, 6) is -1.21. The lowest BCUT2D eigenvalue weighted by molar-refractivity contribution is -0.354. The third-order valence-electron chi connectivity index (χ3n) is 12.7. The van der Waals surface area contributed by atoms with Crippen molar-refractivity contribution in [3.63, 3.8) is 0 Å². The van der Waals surface area contributed by atoms with E-state index in [2.05, 4.69) is 43.3 Å². The smallest absolute Gasteiger partial charge is 0.169 e. The highest BCUT2D eigenvalue weighted by Gasteiger charge is 2.51. The highest BCUT2D eigenvalue weighted by atomic mass is 16.7. The Labute approximate surface area is 352 Å². The molecule has 3 N–H and O–H groups in total. The fourth-order valence-electron chi connectivity index (χ4n) is 8.96. The van der Waals surface area contributed by atoms with Crippen molar-refractivity contribution in [2.24, 2.45) is 11.8 Å². The molecule has 3 aromatic rings. The first-order chi connectivity index (χ1) is 28.7. The highest BCUT2D eigenvalue weighted by Crippen LogP contribution is 2.44. The molecule has 326 valence electrons. The summed E-state index contributed by atoms with van der Waals surface area (Å²) in [7, 11) is 1.60. The first-order valence-electron chi connectivity index (χ1n) is 22.2. The minimum Gasteiger partial charge on any atom is -0.396 e. The number of aliphatic hydroxyl groups is 3. The van der Waals surface area contributed by atoms with Gasteiger partial charge in [-0.15, -0.1) is 0 Å². The molecule has 3 saturated heterocycles. The normalized spacial score (nSPS) is 28.8. The minimum atomic E-state index is -1.24. The summed E-state index contributed by atoms with van der Waals surface area (Å²) in [6, 6.07) is 30.9. The van der Waals surface area contributed by atoms with Crippen molar-refractivity contribution in [2.75, 3.05) is 20.3 Å². The van der Waals surface area contributed by atoms with Crippen molar-refractivity contribution in [1.82, 2.24) is 0 Å². The van der Waals surface area contributed by atoms with Crippen LogP contribution in [0.4, 0.5) is 0 Å². The molecule has 0 radical (unpaired) electrons. The number of rotatable bonds is 22. The van der Waals surface area contributed by atoms with E-state index >= 15 is 0 Å². The maximum absolute atomic E-state index is 11.3. The average Bonchev–Trinajstić information content (AvgIpc) is 3.28. The van der Waals surface area contributed by atoms with Gasteiger partial charge in [-0.05, 0) is 74.0 Å². The van der Waals surface area contributed by atoms with Gasteiger partial charge >= 0.3 is 0 Å². The molecule has 59 heavy (non-hydrogen) atoms. The van der Waals surface area contributed by atoms with Gasteiger partial charge in [0.05, 0.1) is 62.5 Å². The van der Waals surface area contributed by atoms with Crippen molar-refractivity contribution in [3.8, 4) is 0 Å². The molecular weight excluding hydrogens is 749 g/mol. The van der Waals surface area contributed by atoms with E-state index in [0.717, 1.165) is 49.7 Å². The molecule has 3 heterocycles. The monoisotopic (exact) mass is 818 g/mol. The predicted molar refractivity (Wildman–Crippen MR) is 226 cm³/mol. The van der Waals surface area contributed by atoms with E-state index in [1.807, 2.05) is 54.6 Å².